The number of hydrogen-bond acceptors (Lipinski definition) is 7. The van der Waals surface area contributed by atoms with Crippen LogP contribution < -0.4 is 0 Å². The van der Waals surface area contributed by atoms with Crippen LogP contribution in [0.2, 0.25) is 0 Å². The van der Waals surface area contributed by atoms with Crippen LogP contribution in [0, 0.1) is 0 Å². The van der Waals surface area contributed by atoms with Crippen LogP contribution in [0.5, 0.6) is 0 Å². The van der Waals surface area contributed by atoms with Crippen molar-refractivity contribution in [2.24, 2.45) is 0 Å². The zero-order valence-electron chi connectivity index (χ0n) is 50.6. The SMILES string of the molecule is CC/C=C\C/C=C\C/C=C\C/C=C\CCCCCCCCCCCCCCCCCCCCCCCCC(=O)OC(COC(=O)CCCCCCCCC/C=C\C/C=C\C/C=C\CC)COC(OCC[N+](C)(C)C)C(=O)O. The van der Waals surface area contributed by atoms with E-state index in [1.165, 1.54) is 148 Å². The highest BCUT2D eigenvalue weighted by Crippen LogP contribution is 2.17. The summed E-state index contributed by atoms with van der Waals surface area (Å²) in [6, 6.07) is 0. The number of ether oxygens (including phenoxy) is 4. The van der Waals surface area contributed by atoms with Crippen molar-refractivity contribution < 1.29 is 42.9 Å². The smallest absolute Gasteiger partial charge is 0.361 e. The lowest BCUT2D eigenvalue weighted by molar-refractivity contribution is -0.870. The van der Waals surface area contributed by atoms with Gasteiger partial charge in [0.05, 0.1) is 34.4 Å². The Balaban J connectivity index is 4.06. The van der Waals surface area contributed by atoms with E-state index in [4.69, 9.17) is 18.9 Å². The van der Waals surface area contributed by atoms with Crippen LogP contribution in [0.3, 0.4) is 0 Å². The molecule has 0 saturated heterocycles. The number of esters is 2. The third-order valence-corrected chi connectivity index (χ3v) is 13.6. The van der Waals surface area contributed by atoms with Crippen molar-refractivity contribution in [2.45, 2.75) is 283 Å². The number of aliphatic carboxylic acids is 1. The average Bonchev–Trinajstić information content (AvgIpc) is 3.40. The number of carboxylic acid groups (broad SMARTS) is 1. The molecule has 0 bridgehead atoms. The molecular weight excluding hydrogens is 959 g/mol. The first kappa shape index (κ1) is 73.5. The Labute approximate surface area is 474 Å². The molecular formula is C68H120NO8+. The van der Waals surface area contributed by atoms with Gasteiger partial charge in [0.25, 0.3) is 6.29 Å². The van der Waals surface area contributed by atoms with E-state index in [2.05, 4.69) is 98.9 Å². The lowest BCUT2D eigenvalue weighted by Crippen LogP contribution is -2.40. The van der Waals surface area contributed by atoms with Crippen LogP contribution in [-0.4, -0.2) is 87.4 Å². The molecule has 1 N–H and O–H groups in total. The van der Waals surface area contributed by atoms with Gasteiger partial charge in [-0.1, -0.05) is 259 Å². The lowest BCUT2D eigenvalue weighted by atomic mass is 10.0. The van der Waals surface area contributed by atoms with Crippen LogP contribution in [0.1, 0.15) is 271 Å². The molecule has 0 fully saturated rings. The molecule has 2 atom stereocenters. The van der Waals surface area contributed by atoms with E-state index in [1.807, 2.05) is 21.1 Å². The van der Waals surface area contributed by atoms with Crippen LogP contribution in [-0.2, 0) is 33.3 Å². The molecule has 9 heteroatoms. The minimum absolute atomic E-state index is 0.184. The highest BCUT2D eigenvalue weighted by molar-refractivity contribution is 5.71. The first-order valence-corrected chi connectivity index (χ1v) is 31.8. The molecule has 0 aromatic heterocycles. The molecule has 0 aliphatic rings. The summed E-state index contributed by atoms with van der Waals surface area (Å²) in [5, 5.41) is 9.71. The third-order valence-electron chi connectivity index (χ3n) is 13.6. The van der Waals surface area contributed by atoms with E-state index < -0.39 is 24.3 Å². The number of carbonyl (C=O) groups is 3. The summed E-state index contributed by atoms with van der Waals surface area (Å²) in [5.41, 5.74) is 0. The van der Waals surface area contributed by atoms with Crippen molar-refractivity contribution in [3.63, 3.8) is 0 Å². The molecule has 0 spiro atoms. The topological polar surface area (TPSA) is 108 Å². The molecule has 0 aliphatic heterocycles. The summed E-state index contributed by atoms with van der Waals surface area (Å²) in [6.45, 7) is 4.66. The highest BCUT2D eigenvalue weighted by Gasteiger charge is 2.25. The number of carboxylic acids is 1. The van der Waals surface area contributed by atoms with E-state index in [0.717, 1.165) is 96.3 Å². The first-order chi connectivity index (χ1) is 37.6. The van der Waals surface area contributed by atoms with Gasteiger partial charge in [-0.15, -0.1) is 0 Å². The molecule has 0 aromatic rings. The Morgan fingerprint density at radius 3 is 1.04 bits per heavy atom. The fourth-order valence-electron chi connectivity index (χ4n) is 8.84. The molecule has 2 unspecified atom stereocenters. The Morgan fingerprint density at radius 1 is 0.390 bits per heavy atom. The van der Waals surface area contributed by atoms with Crippen LogP contribution in [0.25, 0.3) is 0 Å². The van der Waals surface area contributed by atoms with Gasteiger partial charge in [0.15, 0.2) is 6.10 Å². The Morgan fingerprint density at radius 2 is 0.701 bits per heavy atom. The summed E-state index contributed by atoms with van der Waals surface area (Å²) in [6.07, 6.45) is 75.5. The second-order valence-electron chi connectivity index (χ2n) is 22.3. The van der Waals surface area contributed by atoms with E-state index in [0.29, 0.717) is 11.0 Å². The summed E-state index contributed by atoms with van der Waals surface area (Å²) in [4.78, 5) is 37.5. The Hall–Kier alpha value is -3.53. The Kier molecular flexibility index (Phi) is 55.9. The minimum Gasteiger partial charge on any atom is -0.477 e. The largest absolute Gasteiger partial charge is 0.477 e. The number of quaternary nitrogens is 1. The van der Waals surface area contributed by atoms with Gasteiger partial charge < -0.3 is 28.5 Å². The van der Waals surface area contributed by atoms with Crippen molar-refractivity contribution in [3.05, 3.63) is 85.1 Å². The maximum absolute atomic E-state index is 12.9. The van der Waals surface area contributed by atoms with Crippen molar-refractivity contribution in [1.29, 1.82) is 0 Å². The van der Waals surface area contributed by atoms with E-state index in [1.54, 1.807) is 0 Å². The fourth-order valence-corrected chi connectivity index (χ4v) is 8.84. The fraction of sp³-hybridized carbons (Fsp3) is 0.750. The molecule has 0 rings (SSSR count). The lowest BCUT2D eigenvalue weighted by Gasteiger charge is -2.25. The quantitative estimate of drug-likeness (QED) is 0.0211. The van der Waals surface area contributed by atoms with Crippen LogP contribution in [0.4, 0.5) is 0 Å². The maximum Gasteiger partial charge on any atom is 0.361 e. The predicted molar refractivity (Wildman–Crippen MR) is 327 cm³/mol. The summed E-state index contributed by atoms with van der Waals surface area (Å²) < 4.78 is 22.9. The summed E-state index contributed by atoms with van der Waals surface area (Å²) >= 11 is 0. The number of unbranched alkanes of at least 4 members (excludes halogenated alkanes) is 29. The van der Waals surface area contributed by atoms with Gasteiger partial charge in [0.1, 0.15) is 13.2 Å². The maximum atomic E-state index is 12.9. The third kappa shape index (κ3) is 60.0. The molecule has 444 valence electrons. The van der Waals surface area contributed by atoms with Gasteiger partial charge in [0, 0.05) is 12.8 Å². The monoisotopic (exact) mass is 1080 g/mol. The molecule has 77 heavy (non-hydrogen) atoms. The van der Waals surface area contributed by atoms with Gasteiger partial charge in [0.2, 0.25) is 0 Å². The van der Waals surface area contributed by atoms with Gasteiger partial charge in [-0.05, 0) is 83.5 Å². The molecule has 0 saturated carbocycles. The number of allylic oxidation sites excluding steroid dienone is 14. The normalized spacial score (nSPS) is 13.3. The van der Waals surface area contributed by atoms with Crippen molar-refractivity contribution in [1.82, 2.24) is 0 Å². The van der Waals surface area contributed by atoms with E-state index in [9.17, 15) is 19.5 Å². The minimum atomic E-state index is -1.51. The van der Waals surface area contributed by atoms with Crippen molar-refractivity contribution >= 4 is 17.9 Å². The molecule has 0 aliphatic carbocycles. The van der Waals surface area contributed by atoms with Crippen molar-refractivity contribution in [2.75, 3.05) is 47.5 Å². The number of carbonyl (C=O) groups excluding carboxylic acids is 2. The summed E-state index contributed by atoms with van der Waals surface area (Å²) in [5.74, 6) is -2.01. The standard InChI is InChI=1S/C68H119NO8/c1-6-8-10-12-14-16-18-20-22-24-25-26-27-28-29-30-31-32-33-34-35-36-37-38-39-40-41-43-45-47-49-51-53-55-57-59-66(71)77-64(63-76-68(67(72)73)74-61-60-69(3,4)5)62-75-65(70)58-56-54-52-50-48-46-44-42-23-21-19-17-15-13-11-9-7-2/h8-11,14-17,20-23,25-26,64,68H,6-7,12-13,18-19,24,27-63H2,1-5H3/p+1/b10-8-,11-9-,16-14-,17-15-,22-20-,23-21-,26-25-. The molecule has 0 radical (unpaired) electrons. The highest BCUT2D eigenvalue weighted by atomic mass is 16.7. The number of likely N-dealkylation sites (N-methyl/N-ethyl adjacent to an activating group) is 1. The zero-order chi connectivity index (χ0) is 56.2. The second kappa shape index (κ2) is 58.6. The predicted octanol–water partition coefficient (Wildman–Crippen LogP) is 19.1. The molecule has 0 amide bonds. The number of nitrogens with zero attached hydrogens (tertiary/aromatic N) is 1. The van der Waals surface area contributed by atoms with Gasteiger partial charge in [-0.2, -0.15) is 0 Å². The number of hydrogen-bond donors (Lipinski definition) is 1. The first-order valence-electron chi connectivity index (χ1n) is 31.8. The molecule has 0 aromatic carbocycles. The Bertz CT molecular complexity index is 1540. The molecule has 9 nitrogen and oxygen atoms in total. The van der Waals surface area contributed by atoms with Gasteiger partial charge >= 0.3 is 17.9 Å². The summed E-state index contributed by atoms with van der Waals surface area (Å²) in [7, 11) is 5.97. The zero-order valence-corrected chi connectivity index (χ0v) is 50.6. The molecule has 0 heterocycles. The van der Waals surface area contributed by atoms with Gasteiger partial charge in [-0.3, -0.25) is 9.59 Å². The van der Waals surface area contributed by atoms with Crippen LogP contribution in [0.15, 0.2) is 85.1 Å². The van der Waals surface area contributed by atoms with E-state index >= 15 is 0 Å². The van der Waals surface area contributed by atoms with Gasteiger partial charge in [-0.25, -0.2) is 4.79 Å². The van der Waals surface area contributed by atoms with E-state index in [-0.39, 0.29) is 38.6 Å². The number of rotatable bonds is 58. The average molecular weight is 1080 g/mol. The van der Waals surface area contributed by atoms with Crippen LogP contribution >= 0.6 is 0 Å². The van der Waals surface area contributed by atoms with Crippen molar-refractivity contribution in [3.8, 4) is 0 Å². The second-order valence-corrected chi connectivity index (χ2v) is 22.3.